The molecule has 86 valence electrons. The third-order valence-electron chi connectivity index (χ3n) is 3.52. The van der Waals surface area contributed by atoms with E-state index in [9.17, 15) is 4.79 Å². The Bertz CT molecular complexity index is 220. The highest BCUT2D eigenvalue weighted by Crippen LogP contribution is 2.16. The molecule has 1 amide bonds. The van der Waals surface area contributed by atoms with Crippen LogP contribution in [0.1, 0.15) is 12.8 Å². The number of nitrogens with zero attached hydrogens (tertiary/aromatic N) is 1. The summed E-state index contributed by atoms with van der Waals surface area (Å²) in [6.07, 6.45) is 2.04. The van der Waals surface area contributed by atoms with Gasteiger partial charge in [-0.1, -0.05) is 0 Å². The summed E-state index contributed by atoms with van der Waals surface area (Å²) >= 11 is 0. The Kier molecular flexibility index (Phi) is 3.59. The molecule has 4 heteroatoms. The van der Waals surface area contributed by atoms with Crippen molar-refractivity contribution in [1.29, 1.82) is 0 Å². The van der Waals surface area contributed by atoms with Crippen molar-refractivity contribution in [3.05, 3.63) is 0 Å². The fraction of sp³-hybridized carbons (Fsp3) is 0.909. The van der Waals surface area contributed by atoms with Gasteiger partial charge in [-0.3, -0.25) is 4.79 Å². The molecule has 2 rings (SSSR count). The van der Waals surface area contributed by atoms with Gasteiger partial charge in [0.15, 0.2) is 0 Å². The average molecular weight is 211 g/mol. The van der Waals surface area contributed by atoms with Crippen LogP contribution >= 0.6 is 0 Å². The first-order valence-electron chi connectivity index (χ1n) is 5.92. The van der Waals surface area contributed by atoms with Crippen molar-refractivity contribution in [2.45, 2.75) is 12.8 Å². The molecule has 0 aromatic rings. The molecule has 15 heavy (non-hydrogen) atoms. The van der Waals surface area contributed by atoms with Crippen molar-refractivity contribution in [2.24, 2.45) is 11.8 Å². The van der Waals surface area contributed by atoms with Crippen LogP contribution in [0.2, 0.25) is 0 Å². The Morgan fingerprint density at radius 2 is 2.07 bits per heavy atom. The summed E-state index contributed by atoms with van der Waals surface area (Å²) in [5.74, 6) is 1.20. The summed E-state index contributed by atoms with van der Waals surface area (Å²) in [6.45, 7) is 5.10. The first-order valence-corrected chi connectivity index (χ1v) is 5.92. The van der Waals surface area contributed by atoms with Gasteiger partial charge in [0.1, 0.15) is 0 Å². The van der Waals surface area contributed by atoms with Crippen molar-refractivity contribution in [3.63, 3.8) is 0 Å². The number of piperidine rings is 1. The highest BCUT2D eigenvalue weighted by atomic mass is 16.1. The van der Waals surface area contributed by atoms with E-state index in [1.165, 1.54) is 0 Å². The van der Waals surface area contributed by atoms with Crippen LogP contribution in [-0.2, 0) is 4.79 Å². The van der Waals surface area contributed by atoms with E-state index in [4.69, 9.17) is 0 Å². The van der Waals surface area contributed by atoms with E-state index in [2.05, 4.69) is 22.6 Å². The molecule has 0 spiro atoms. The highest BCUT2D eigenvalue weighted by molar-refractivity contribution is 5.78. The Morgan fingerprint density at radius 3 is 2.60 bits per heavy atom. The summed E-state index contributed by atoms with van der Waals surface area (Å²) in [6, 6.07) is 0. The second-order valence-electron chi connectivity index (χ2n) is 4.85. The maximum Gasteiger partial charge on any atom is 0.223 e. The van der Waals surface area contributed by atoms with Crippen LogP contribution in [0.3, 0.4) is 0 Å². The maximum atomic E-state index is 11.8. The minimum atomic E-state index is 0.259. The SMILES string of the molecule is CN1CCC(C(=O)NCC2CNC2)CC1. The maximum absolute atomic E-state index is 11.8. The van der Waals surface area contributed by atoms with E-state index in [0.717, 1.165) is 45.6 Å². The molecule has 0 aromatic heterocycles. The minimum Gasteiger partial charge on any atom is -0.355 e. The normalized spacial score (nSPS) is 24.9. The second kappa shape index (κ2) is 4.94. The molecular weight excluding hydrogens is 190 g/mol. The van der Waals surface area contributed by atoms with Gasteiger partial charge in [-0.05, 0) is 33.0 Å². The lowest BCUT2D eigenvalue weighted by molar-refractivity contribution is -0.126. The van der Waals surface area contributed by atoms with E-state index in [1.54, 1.807) is 0 Å². The predicted molar refractivity (Wildman–Crippen MR) is 59.6 cm³/mol. The smallest absolute Gasteiger partial charge is 0.223 e. The molecule has 0 bridgehead atoms. The standard InChI is InChI=1S/C11H21N3O/c1-14-4-2-10(3-5-14)11(15)13-8-9-6-12-7-9/h9-10,12H,2-8H2,1H3,(H,13,15). The van der Waals surface area contributed by atoms with Crippen molar-refractivity contribution in [3.8, 4) is 0 Å². The van der Waals surface area contributed by atoms with Crippen LogP contribution in [0.5, 0.6) is 0 Å². The van der Waals surface area contributed by atoms with Gasteiger partial charge in [-0.15, -0.1) is 0 Å². The zero-order valence-corrected chi connectivity index (χ0v) is 9.46. The zero-order valence-electron chi connectivity index (χ0n) is 9.46. The van der Waals surface area contributed by atoms with E-state index in [1.807, 2.05) is 0 Å². The first kappa shape index (κ1) is 10.9. The van der Waals surface area contributed by atoms with Crippen molar-refractivity contribution < 1.29 is 4.79 Å². The largest absolute Gasteiger partial charge is 0.355 e. The molecule has 0 aliphatic carbocycles. The molecule has 2 saturated heterocycles. The number of hydrogen-bond donors (Lipinski definition) is 2. The summed E-state index contributed by atoms with van der Waals surface area (Å²) in [4.78, 5) is 14.1. The summed E-state index contributed by atoms with van der Waals surface area (Å²) in [5.41, 5.74) is 0. The fourth-order valence-electron chi connectivity index (χ4n) is 2.15. The van der Waals surface area contributed by atoms with Crippen LogP contribution in [0.15, 0.2) is 0 Å². The Balaban J connectivity index is 1.66. The van der Waals surface area contributed by atoms with Crippen molar-refractivity contribution >= 4 is 5.91 Å². The number of likely N-dealkylation sites (tertiary alicyclic amines) is 1. The minimum absolute atomic E-state index is 0.259. The van der Waals surface area contributed by atoms with E-state index < -0.39 is 0 Å². The van der Waals surface area contributed by atoms with Gasteiger partial charge < -0.3 is 15.5 Å². The molecule has 0 atom stereocenters. The first-order chi connectivity index (χ1) is 7.25. The lowest BCUT2D eigenvalue weighted by atomic mass is 9.95. The van der Waals surface area contributed by atoms with Crippen molar-refractivity contribution in [2.75, 3.05) is 39.8 Å². The van der Waals surface area contributed by atoms with Gasteiger partial charge in [0.05, 0.1) is 0 Å². The summed E-state index contributed by atoms with van der Waals surface area (Å²) in [7, 11) is 2.12. The average Bonchev–Trinajstić information content (AvgIpc) is 2.16. The van der Waals surface area contributed by atoms with Crippen LogP contribution in [0.25, 0.3) is 0 Å². The van der Waals surface area contributed by atoms with E-state index in [0.29, 0.717) is 5.92 Å². The number of amides is 1. The number of carbonyl (C=O) groups is 1. The van der Waals surface area contributed by atoms with E-state index in [-0.39, 0.29) is 11.8 Å². The van der Waals surface area contributed by atoms with E-state index >= 15 is 0 Å². The van der Waals surface area contributed by atoms with Gasteiger partial charge in [-0.2, -0.15) is 0 Å². The fourth-order valence-corrected chi connectivity index (χ4v) is 2.15. The monoisotopic (exact) mass is 211 g/mol. The molecule has 0 saturated carbocycles. The van der Waals surface area contributed by atoms with Crippen LogP contribution in [0.4, 0.5) is 0 Å². The number of rotatable bonds is 3. The van der Waals surface area contributed by atoms with Gasteiger partial charge in [-0.25, -0.2) is 0 Å². The van der Waals surface area contributed by atoms with Gasteiger partial charge in [0.2, 0.25) is 5.91 Å². The Morgan fingerprint density at radius 1 is 1.40 bits per heavy atom. The van der Waals surface area contributed by atoms with Gasteiger partial charge in [0.25, 0.3) is 0 Å². The second-order valence-corrected chi connectivity index (χ2v) is 4.85. The molecular formula is C11H21N3O. The quantitative estimate of drug-likeness (QED) is 0.671. The van der Waals surface area contributed by atoms with Crippen LogP contribution in [-0.4, -0.2) is 50.6 Å². The topological polar surface area (TPSA) is 44.4 Å². The van der Waals surface area contributed by atoms with Crippen LogP contribution < -0.4 is 10.6 Å². The molecule has 0 aromatic carbocycles. The predicted octanol–water partition coefficient (Wildman–Crippen LogP) is -0.336. The molecule has 2 aliphatic rings. The van der Waals surface area contributed by atoms with Gasteiger partial charge >= 0.3 is 0 Å². The number of carbonyl (C=O) groups excluding carboxylic acids is 1. The lowest BCUT2D eigenvalue weighted by Crippen LogP contribution is -2.49. The molecule has 2 N–H and O–H groups in total. The molecule has 0 unspecified atom stereocenters. The highest BCUT2D eigenvalue weighted by Gasteiger charge is 2.24. The Labute approximate surface area is 91.4 Å². The molecule has 0 radical (unpaired) electrons. The van der Waals surface area contributed by atoms with Crippen molar-refractivity contribution in [1.82, 2.24) is 15.5 Å². The molecule has 2 fully saturated rings. The third kappa shape index (κ3) is 2.92. The van der Waals surface area contributed by atoms with Crippen LogP contribution in [0, 0.1) is 11.8 Å². The third-order valence-corrected chi connectivity index (χ3v) is 3.52. The zero-order chi connectivity index (χ0) is 10.7. The summed E-state index contributed by atoms with van der Waals surface area (Å²) < 4.78 is 0. The number of hydrogen-bond acceptors (Lipinski definition) is 3. The molecule has 2 heterocycles. The van der Waals surface area contributed by atoms with Gasteiger partial charge in [0, 0.05) is 31.5 Å². The lowest BCUT2D eigenvalue weighted by Gasteiger charge is -2.30. The Hall–Kier alpha value is -0.610. The number of nitrogens with one attached hydrogen (secondary N) is 2. The molecule has 2 aliphatic heterocycles. The summed E-state index contributed by atoms with van der Waals surface area (Å²) in [5, 5.41) is 6.28. The molecule has 4 nitrogen and oxygen atoms in total.